The standard InChI is InChI=1S/C25H29N3O2/c1-16(2)18-6-8-19(9-7-18)26-24(29)15-28-12-11-23-21(14-28)25(30)20-13-17(3)5-10-22(20)27(23)4/h5-10,13,16H,11-12,14-15H2,1-4H3,(H,26,29). The fourth-order valence-electron chi connectivity index (χ4n) is 4.30. The zero-order valence-corrected chi connectivity index (χ0v) is 18.2. The minimum Gasteiger partial charge on any atom is -0.347 e. The van der Waals surface area contributed by atoms with Crippen LogP contribution >= 0.6 is 0 Å². The number of rotatable bonds is 4. The molecule has 0 atom stereocenters. The number of anilines is 1. The van der Waals surface area contributed by atoms with E-state index in [4.69, 9.17) is 0 Å². The fraction of sp³-hybridized carbons (Fsp3) is 0.360. The summed E-state index contributed by atoms with van der Waals surface area (Å²) in [5, 5.41) is 3.74. The lowest BCUT2D eigenvalue weighted by Gasteiger charge is -2.30. The maximum absolute atomic E-state index is 13.1. The number of nitrogens with zero attached hydrogens (tertiary/aromatic N) is 2. The summed E-state index contributed by atoms with van der Waals surface area (Å²) in [5.74, 6) is 0.412. The molecule has 30 heavy (non-hydrogen) atoms. The van der Waals surface area contributed by atoms with Crippen LogP contribution in [0.3, 0.4) is 0 Å². The van der Waals surface area contributed by atoms with Crippen LogP contribution in [0.1, 0.15) is 42.1 Å². The summed E-state index contributed by atoms with van der Waals surface area (Å²) >= 11 is 0. The number of pyridine rings is 1. The molecule has 5 nitrogen and oxygen atoms in total. The molecule has 4 rings (SSSR count). The molecule has 2 aromatic carbocycles. The molecule has 3 aromatic rings. The molecule has 0 saturated carbocycles. The number of fused-ring (bicyclic) bond motifs is 2. The summed E-state index contributed by atoms with van der Waals surface area (Å²) < 4.78 is 2.14. The second-order valence-corrected chi connectivity index (χ2v) is 8.62. The van der Waals surface area contributed by atoms with Crippen LogP contribution in [0.2, 0.25) is 0 Å². The molecule has 2 heterocycles. The first-order valence-electron chi connectivity index (χ1n) is 10.6. The van der Waals surface area contributed by atoms with Crippen molar-refractivity contribution in [2.45, 2.75) is 39.7 Å². The summed E-state index contributed by atoms with van der Waals surface area (Å²) in [7, 11) is 2.03. The summed E-state index contributed by atoms with van der Waals surface area (Å²) in [6, 6.07) is 14.0. The molecule has 1 N–H and O–H groups in total. The molecule has 0 spiro atoms. The lowest BCUT2D eigenvalue weighted by atomic mass is 10.0. The number of aryl methyl sites for hydroxylation is 2. The highest BCUT2D eigenvalue weighted by atomic mass is 16.2. The molecule has 1 aromatic heterocycles. The first-order chi connectivity index (χ1) is 14.3. The third kappa shape index (κ3) is 3.90. The Morgan fingerprint density at radius 3 is 2.57 bits per heavy atom. The summed E-state index contributed by atoms with van der Waals surface area (Å²) in [6.45, 7) is 7.85. The van der Waals surface area contributed by atoms with Gasteiger partial charge in [0, 0.05) is 48.9 Å². The van der Waals surface area contributed by atoms with Gasteiger partial charge in [-0.2, -0.15) is 0 Å². The Labute approximate surface area is 177 Å². The van der Waals surface area contributed by atoms with Crippen LogP contribution in [0.25, 0.3) is 10.9 Å². The van der Waals surface area contributed by atoms with E-state index in [9.17, 15) is 9.59 Å². The Kier molecular flexibility index (Phi) is 5.48. The highest BCUT2D eigenvalue weighted by molar-refractivity contribution is 5.92. The molecule has 0 saturated heterocycles. The minimum atomic E-state index is -0.0517. The minimum absolute atomic E-state index is 0.0517. The smallest absolute Gasteiger partial charge is 0.238 e. The first kappa shape index (κ1) is 20.4. The van der Waals surface area contributed by atoms with E-state index >= 15 is 0 Å². The van der Waals surface area contributed by atoms with Gasteiger partial charge in [0.2, 0.25) is 5.91 Å². The van der Waals surface area contributed by atoms with Crippen molar-refractivity contribution in [3.63, 3.8) is 0 Å². The van der Waals surface area contributed by atoms with Crippen molar-refractivity contribution in [1.82, 2.24) is 9.47 Å². The topological polar surface area (TPSA) is 54.3 Å². The molecule has 1 amide bonds. The van der Waals surface area contributed by atoms with Crippen LogP contribution < -0.4 is 10.7 Å². The van der Waals surface area contributed by atoms with Crippen LogP contribution in [0.15, 0.2) is 47.3 Å². The van der Waals surface area contributed by atoms with Gasteiger partial charge in [-0.15, -0.1) is 0 Å². The average molecular weight is 404 g/mol. The number of benzene rings is 2. The zero-order chi connectivity index (χ0) is 21.4. The molecule has 156 valence electrons. The molecule has 0 radical (unpaired) electrons. The highest BCUT2D eigenvalue weighted by Gasteiger charge is 2.24. The predicted octanol–water partition coefficient (Wildman–Crippen LogP) is 3.97. The van der Waals surface area contributed by atoms with Crippen LogP contribution in [0, 0.1) is 6.92 Å². The van der Waals surface area contributed by atoms with E-state index < -0.39 is 0 Å². The Balaban J connectivity index is 1.51. The third-order valence-electron chi connectivity index (χ3n) is 6.06. The zero-order valence-electron chi connectivity index (χ0n) is 18.2. The quantitative estimate of drug-likeness (QED) is 0.717. The molecule has 0 fully saturated rings. The van der Waals surface area contributed by atoms with Gasteiger partial charge in [0.15, 0.2) is 5.43 Å². The largest absolute Gasteiger partial charge is 0.347 e. The monoisotopic (exact) mass is 403 g/mol. The number of nitrogens with one attached hydrogen (secondary N) is 1. The number of carbonyl (C=O) groups is 1. The Morgan fingerprint density at radius 1 is 1.13 bits per heavy atom. The van der Waals surface area contributed by atoms with Crippen molar-refractivity contribution < 1.29 is 4.79 Å². The van der Waals surface area contributed by atoms with Crippen molar-refractivity contribution in [2.75, 3.05) is 18.4 Å². The first-order valence-corrected chi connectivity index (χ1v) is 10.6. The van der Waals surface area contributed by atoms with E-state index in [-0.39, 0.29) is 17.9 Å². The molecular weight excluding hydrogens is 374 g/mol. The number of aromatic nitrogens is 1. The lowest BCUT2D eigenvalue weighted by molar-refractivity contribution is -0.117. The molecule has 5 heteroatoms. The van der Waals surface area contributed by atoms with E-state index in [1.165, 1.54) is 5.56 Å². The van der Waals surface area contributed by atoms with Crippen molar-refractivity contribution in [2.24, 2.45) is 7.05 Å². The van der Waals surface area contributed by atoms with Gasteiger partial charge >= 0.3 is 0 Å². The van der Waals surface area contributed by atoms with Crippen LogP contribution in [-0.2, 0) is 24.8 Å². The van der Waals surface area contributed by atoms with Gasteiger partial charge in [-0.05, 0) is 42.7 Å². The van der Waals surface area contributed by atoms with Gasteiger partial charge in [0.05, 0.1) is 12.1 Å². The Bertz CT molecular complexity index is 1160. The summed E-state index contributed by atoms with van der Waals surface area (Å²) in [5.41, 5.74) is 6.10. The molecular formula is C25H29N3O2. The highest BCUT2D eigenvalue weighted by Crippen LogP contribution is 2.22. The van der Waals surface area contributed by atoms with E-state index in [0.717, 1.165) is 46.4 Å². The molecule has 1 aliphatic heterocycles. The maximum Gasteiger partial charge on any atom is 0.238 e. The van der Waals surface area contributed by atoms with Gasteiger partial charge in [-0.25, -0.2) is 0 Å². The van der Waals surface area contributed by atoms with Gasteiger partial charge in [-0.3, -0.25) is 14.5 Å². The summed E-state index contributed by atoms with van der Waals surface area (Å²) in [6.07, 6.45) is 0.765. The molecule has 0 aliphatic carbocycles. The predicted molar refractivity (Wildman–Crippen MR) is 122 cm³/mol. The second-order valence-electron chi connectivity index (χ2n) is 8.62. The molecule has 0 unspecified atom stereocenters. The van der Waals surface area contributed by atoms with Crippen molar-refractivity contribution in [3.05, 3.63) is 75.1 Å². The van der Waals surface area contributed by atoms with Gasteiger partial charge < -0.3 is 9.88 Å². The van der Waals surface area contributed by atoms with Gasteiger partial charge in [-0.1, -0.05) is 37.6 Å². The Hall–Kier alpha value is -2.92. The SMILES string of the molecule is Cc1ccc2c(c1)c(=O)c1c(n2C)CCN(CC(=O)Nc2ccc(C(C)C)cc2)C1. The van der Waals surface area contributed by atoms with E-state index in [2.05, 4.69) is 28.6 Å². The van der Waals surface area contributed by atoms with Gasteiger partial charge in [0.25, 0.3) is 0 Å². The third-order valence-corrected chi connectivity index (χ3v) is 6.06. The molecule has 1 aliphatic rings. The molecule has 0 bridgehead atoms. The van der Waals surface area contributed by atoms with Crippen LogP contribution in [0.4, 0.5) is 5.69 Å². The average Bonchev–Trinajstić information content (AvgIpc) is 2.72. The fourth-order valence-corrected chi connectivity index (χ4v) is 4.30. The maximum atomic E-state index is 13.1. The summed E-state index contributed by atoms with van der Waals surface area (Å²) in [4.78, 5) is 27.8. The number of hydrogen-bond acceptors (Lipinski definition) is 3. The number of amides is 1. The number of hydrogen-bond donors (Lipinski definition) is 1. The van der Waals surface area contributed by atoms with Crippen LogP contribution in [-0.4, -0.2) is 28.5 Å². The normalized spacial score (nSPS) is 14.2. The van der Waals surface area contributed by atoms with Crippen molar-refractivity contribution in [3.8, 4) is 0 Å². The second kappa shape index (κ2) is 8.07. The van der Waals surface area contributed by atoms with Crippen molar-refractivity contribution in [1.29, 1.82) is 0 Å². The lowest BCUT2D eigenvalue weighted by Crippen LogP contribution is -2.40. The van der Waals surface area contributed by atoms with Crippen molar-refractivity contribution >= 4 is 22.5 Å². The van der Waals surface area contributed by atoms with Gasteiger partial charge in [0.1, 0.15) is 0 Å². The van der Waals surface area contributed by atoms with E-state index in [1.54, 1.807) is 0 Å². The number of carbonyl (C=O) groups excluding carboxylic acids is 1. The van der Waals surface area contributed by atoms with Crippen LogP contribution in [0.5, 0.6) is 0 Å². The van der Waals surface area contributed by atoms with E-state index in [1.807, 2.05) is 56.4 Å². The Morgan fingerprint density at radius 2 is 1.87 bits per heavy atom. The van der Waals surface area contributed by atoms with E-state index in [0.29, 0.717) is 12.5 Å².